The Morgan fingerprint density at radius 1 is 1.07 bits per heavy atom. The lowest BCUT2D eigenvalue weighted by atomic mass is 10.1. The number of hydrogen-bond acceptors (Lipinski definition) is 6. The van der Waals surface area contributed by atoms with Crippen LogP contribution in [-0.4, -0.2) is 35.6 Å². The third-order valence-corrected chi connectivity index (χ3v) is 5.01. The molecule has 4 rings (SSSR count). The molecule has 2 aromatic carbocycles. The van der Waals surface area contributed by atoms with Crippen LogP contribution in [0, 0.1) is 10.1 Å². The van der Waals surface area contributed by atoms with Gasteiger partial charge in [-0.3, -0.25) is 19.8 Å². The van der Waals surface area contributed by atoms with Gasteiger partial charge in [-0.05, 0) is 37.1 Å². The van der Waals surface area contributed by atoms with Crippen molar-refractivity contribution in [3.63, 3.8) is 0 Å². The van der Waals surface area contributed by atoms with Gasteiger partial charge in [-0.15, -0.1) is 0 Å². The van der Waals surface area contributed by atoms with Crippen molar-refractivity contribution in [2.24, 2.45) is 0 Å². The zero-order valence-electron chi connectivity index (χ0n) is 15.3. The summed E-state index contributed by atoms with van der Waals surface area (Å²) in [5.41, 5.74) is 1.83. The number of ether oxygens (including phenoxy) is 2. The average molecular weight is 383 g/mol. The Morgan fingerprint density at radius 2 is 1.71 bits per heavy atom. The van der Waals surface area contributed by atoms with Gasteiger partial charge in [-0.2, -0.15) is 0 Å². The van der Waals surface area contributed by atoms with Crippen LogP contribution >= 0.6 is 0 Å². The Labute approximate surface area is 162 Å². The average Bonchev–Trinajstić information content (AvgIpc) is 3.37. The predicted octanol–water partition coefficient (Wildman–Crippen LogP) is 2.85. The fourth-order valence-electron chi connectivity index (χ4n) is 3.50. The second-order valence-corrected chi connectivity index (χ2v) is 6.96. The van der Waals surface area contributed by atoms with Crippen LogP contribution in [0.1, 0.15) is 34.3 Å². The fourth-order valence-corrected chi connectivity index (χ4v) is 3.50. The molecule has 146 valence electrons. The normalized spacial score (nSPS) is 15.6. The molecular weight excluding hydrogens is 362 g/mol. The van der Waals surface area contributed by atoms with E-state index < -0.39 is 10.8 Å². The van der Waals surface area contributed by atoms with E-state index in [1.54, 1.807) is 0 Å². The van der Waals surface area contributed by atoms with Crippen molar-refractivity contribution in [1.82, 2.24) is 10.2 Å². The molecule has 2 aromatic rings. The number of nitrogens with one attached hydrogen (secondary N) is 1. The van der Waals surface area contributed by atoms with Crippen molar-refractivity contribution in [3.8, 4) is 11.5 Å². The highest BCUT2D eigenvalue weighted by molar-refractivity contribution is 5.99. The number of hydrogen-bond donors (Lipinski definition) is 1. The zero-order chi connectivity index (χ0) is 19.5. The van der Waals surface area contributed by atoms with Crippen molar-refractivity contribution in [1.29, 1.82) is 0 Å². The van der Waals surface area contributed by atoms with E-state index in [1.165, 1.54) is 30.5 Å². The quantitative estimate of drug-likeness (QED) is 0.609. The summed E-state index contributed by atoms with van der Waals surface area (Å²) in [6.45, 7) is 3.50. The minimum atomic E-state index is -0.593. The predicted molar refractivity (Wildman–Crippen MR) is 101 cm³/mol. The molecule has 0 saturated carbocycles. The van der Waals surface area contributed by atoms with E-state index in [-0.39, 0.29) is 30.3 Å². The van der Waals surface area contributed by atoms with Gasteiger partial charge in [0, 0.05) is 19.2 Å². The first-order chi connectivity index (χ1) is 13.6. The first kappa shape index (κ1) is 18.2. The maximum Gasteiger partial charge on any atom is 0.286 e. The number of benzene rings is 2. The maximum absolute atomic E-state index is 12.5. The molecule has 0 bridgehead atoms. The van der Waals surface area contributed by atoms with Crippen LogP contribution in [0.3, 0.4) is 0 Å². The molecule has 0 radical (unpaired) electrons. The Hall–Kier alpha value is -3.13. The number of amides is 1. The standard InChI is InChI=1S/C20H21N3O5/c24-20(16-9-18-19(28-13-27-18)10-17(16)23(25)26)21-11-14-3-5-15(6-4-14)12-22-7-1-2-8-22/h3-6,9-10H,1-2,7-8,11-13H2,(H,21,24). The molecule has 1 N–H and O–H groups in total. The van der Waals surface area contributed by atoms with Gasteiger partial charge in [0.2, 0.25) is 6.79 Å². The van der Waals surface area contributed by atoms with E-state index in [2.05, 4.69) is 22.3 Å². The van der Waals surface area contributed by atoms with E-state index in [4.69, 9.17) is 9.47 Å². The molecule has 1 saturated heterocycles. The van der Waals surface area contributed by atoms with Crippen molar-refractivity contribution in [3.05, 3.63) is 63.2 Å². The van der Waals surface area contributed by atoms with E-state index in [9.17, 15) is 14.9 Å². The zero-order valence-corrected chi connectivity index (χ0v) is 15.3. The van der Waals surface area contributed by atoms with E-state index >= 15 is 0 Å². The molecule has 0 aromatic heterocycles. The summed E-state index contributed by atoms with van der Waals surface area (Å²) in [6.07, 6.45) is 2.52. The molecule has 2 heterocycles. The van der Waals surface area contributed by atoms with Crippen LogP contribution in [-0.2, 0) is 13.1 Å². The number of carbonyl (C=O) groups is 1. The number of rotatable bonds is 6. The summed E-state index contributed by atoms with van der Waals surface area (Å²) < 4.78 is 10.4. The summed E-state index contributed by atoms with van der Waals surface area (Å²) >= 11 is 0. The largest absolute Gasteiger partial charge is 0.454 e. The van der Waals surface area contributed by atoms with Gasteiger partial charge in [0.05, 0.1) is 11.0 Å². The van der Waals surface area contributed by atoms with Gasteiger partial charge in [0.15, 0.2) is 11.5 Å². The van der Waals surface area contributed by atoms with Crippen LogP contribution in [0.25, 0.3) is 0 Å². The Bertz CT molecular complexity index is 891. The molecule has 28 heavy (non-hydrogen) atoms. The van der Waals surface area contributed by atoms with Crippen molar-refractivity contribution in [2.45, 2.75) is 25.9 Å². The third kappa shape index (κ3) is 3.91. The number of likely N-dealkylation sites (tertiary alicyclic amines) is 1. The highest BCUT2D eigenvalue weighted by atomic mass is 16.7. The first-order valence-electron chi connectivity index (χ1n) is 9.26. The lowest BCUT2D eigenvalue weighted by molar-refractivity contribution is -0.385. The lowest BCUT2D eigenvalue weighted by Crippen LogP contribution is -2.23. The van der Waals surface area contributed by atoms with E-state index in [1.807, 2.05) is 12.1 Å². The molecule has 0 spiro atoms. The Morgan fingerprint density at radius 3 is 2.39 bits per heavy atom. The van der Waals surface area contributed by atoms with Gasteiger partial charge >= 0.3 is 0 Å². The van der Waals surface area contributed by atoms with Crippen molar-refractivity contribution >= 4 is 11.6 Å². The highest BCUT2D eigenvalue weighted by Crippen LogP contribution is 2.37. The molecule has 0 unspecified atom stereocenters. The molecule has 8 heteroatoms. The van der Waals surface area contributed by atoms with Gasteiger partial charge < -0.3 is 14.8 Å². The number of nitro benzene ring substituents is 1. The SMILES string of the molecule is O=C(NCc1ccc(CN2CCCC2)cc1)c1cc2c(cc1[N+](=O)[O-])OCO2. The monoisotopic (exact) mass is 383 g/mol. The van der Waals surface area contributed by atoms with E-state index in [0.717, 1.165) is 25.2 Å². The number of carbonyl (C=O) groups excluding carboxylic acids is 1. The number of fused-ring (bicyclic) bond motifs is 1. The molecule has 2 aliphatic rings. The van der Waals surface area contributed by atoms with Crippen LogP contribution in [0.2, 0.25) is 0 Å². The van der Waals surface area contributed by atoms with Gasteiger partial charge in [-0.25, -0.2) is 0 Å². The molecule has 1 amide bonds. The maximum atomic E-state index is 12.5. The van der Waals surface area contributed by atoms with Crippen LogP contribution < -0.4 is 14.8 Å². The summed E-state index contributed by atoms with van der Waals surface area (Å²) in [7, 11) is 0. The highest BCUT2D eigenvalue weighted by Gasteiger charge is 2.27. The minimum Gasteiger partial charge on any atom is -0.454 e. The summed E-state index contributed by atoms with van der Waals surface area (Å²) in [4.78, 5) is 25.7. The summed E-state index contributed by atoms with van der Waals surface area (Å²) in [6, 6.07) is 10.6. The van der Waals surface area contributed by atoms with Gasteiger partial charge in [0.1, 0.15) is 5.56 Å². The lowest BCUT2D eigenvalue weighted by Gasteiger charge is -2.14. The van der Waals surface area contributed by atoms with Gasteiger partial charge in [0.25, 0.3) is 11.6 Å². The molecule has 2 aliphatic heterocycles. The van der Waals surface area contributed by atoms with Crippen molar-refractivity contribution < 1.29 is 19.2 Å². The van der Waals surface area contributed by atoms with Gasteiger partial charge in [-0.1, -0.05) is 24.3 Å². The molecule has 0 aliphatic carbocycles. The third-order valence-electron chi connectivity index (χ3n) is 5.01. The smallest absolute Gasteiger partial charge is 0.286 e. The fraction of sp³-hybridized carbons (Fsp3) is 0.350. The second kappa shape index (κ2) is 7.85. The minimum absolute atomic E-state index is 0.0126. The van der Waals surface area contributed by atoms with Crippen molar-refractivity contribution in [2.75, 3.05) is 19.9 Å². The van der Waals surface area contributed by atoms with E-state index in [0.29, 0.717) is 5.75 Å². The van der Waals surface area contributed by atoms with Crippen LogP contribution in [0.5, 0.6) is 11.5 Å². The summed E-state index contributed by atoms with van der Waals surface area (Å²) in [5, 5.41) is 14.0. The molecule has 1 fully saturated rings. The Balaban J connectivity index is 1.41. The topological polar surface area (TPSA) is 93.9 Å². The van der Waals surface area contributed by atoms with Crippen LogP contribution in [0.15, 0.2) is 36.4 Å². The molecule has 0 atom stereocenters. The number of nitro groups is 1. The molecular formula is C20H21N3O5. The number of nitrogens with zero attached hydrogens (tertiary/aromatic N) is 2. The Kier molecular flexibility index (Phi) is 5.12. The van der Waals surface area contributed by atoms with Crippen LogP contribution in [0.4, 0.5) is 5.69 Å². The molecule has 8 nitrogen and oxygen atoms in total. The first-order valence-corrected chi connectivity index (χ1v) is 9.26. The summed E-state index contributed by atoms with van der Waals surface area (Å²) in [5.74, 6) is 0.0880. The second-order valence-electron chi connectivity index (χ2n) is 6.96.